The van der Waals surface area contributed by atoms with Crippen LogP contribution >= 0.6 is 0 Å². The summed E-state index contributed by atoms with van der Waals surface area (Å²) in [4.78, 5) is 23.2. The monoisotopic (exact) mass is 328 g/mol. The van der Waals surface area contributed by atoms with Crippen molar-refractivity contribution in [2.75, 3.05) is 6.54 Å². The Balaban J connectivity index is 2.57. The molecule has 0 saturated carbocycles. The molecule has 1 aromatic heterocycles. The standard InChI is InChI=1S/C15H15F3N2O3/c1-2-20-11-7-9(5-6-19)3-4-10(11)8-12(13(20)21)23-14(22)15(16,17)18/h3-4,7-8H,2,5-6,19H2,1H3. The van der Waals surface area contributed by atoms with Crippen LogP contribution in [0.2, 0.25) is 0 Å². The largest absolute Gasteiger partial charge is 0.491 e. The minimum absolute atomic E-state index is 0.221. The molecule has 124 valence electrons. The van der Waals surface area contributed by atoms with Crippen LogP contribution in [0.3, 0.4) is 0 Å². The Morgan fingerprint density at radius 2 is 2.00 bits per heavy atom. The Hall–Kier alpha value is -2.35. The average molecular weight is 328 g/mol. The van der Waals surface area contributed by atoms with E-state index < -0.39 is 23.5 Å². The van der Waals surface area contributed by atoms with Gasteiger partial charge in [-0.1, -0.05) is 12.1 Å². The van der Waals surface area contributed by atoms with Gasteiger partial charge in [0.1, 0.15) is 0 Å². The lowest BCUT2D eigenvalue weighted by Gasteiger charge is -2.13. The van der Waals surface area contributed by atoms with E-state index >= 15 is 0 Å². The number of benzene rings is 1. The summed E-state index contributed by atoms with van der Waals surface area (Å²) in [6, 6.07) is 6.30. The first-order valence-electron chi connectivity index (χ1n) is 6.93. The Bertz CT molecular complexity index is 797. The van der Waals surface area contributed by atoms with E-state index in [1.54, 1.807) is 25.1 Å². The SMILES string of the molecule is CCn1c(=O)c(OC(=O)C(F)(F)F)cc2ccc(CCN)cc21. The van der Waals surface area contributed by atoms with Crippen molar-refractivity contribution in [3.05, 3.63) is 40.2 Å². The number of nitrogens with two attached hydrogens (primary N) is 1. The minimum atomic E-state index is -5.16. The van der Waals surface area contributed by atoms with Gasteiger partial charge >= 0.3 is 12.1 Å². The Kier molecular flexibility index (Phi) is 4.74. The van der Waals surface area contributed by atoms with Gasteiger partial charge in [0.25, 0.3) is 5.56 Å². The molecule has 0 spiro atoms. The molecule has 0 aliphatic carbocycles. The van der Waals surface area contributed by atoms with E-state index in [-0.39, 0.29) is 6.54 Å². The fourth-order valence-corrected chi connectivity index (χ4v) is 2.26. The molecule has 0 bridgehead atoms. The highest BCUT2D eigenvalue weighted by molar-refractivity contribution is 5.83. The number of aryl methyl sites for hydroxylation is 1. The topological polar surface area (TPSA) is 74.3 Å². The summed E-state index contributed by atoms with van der Waals surface area (Å²) in [5.74, 6) is -3.07. The van der Waals surface area contributed by atoms with Crippen LogP contribution in [0.5, 0.6) is 5.75 Å². The van der Waals surface area contributed by atoms with Gasteiger partial charge in [0.15, 0.2) is 5.75 Å². The van der Waals surface area contributed by atoms with E-state index in [0.29, 0.717) is 23.9 Å². The zero-order valence-corrected chi connectivity index (χ0v) is 12.3. The molecule has 0 radical (unpaired) electrons. The smallest absolute Gasteiger partial charge is 0.414 e. The average Bonchev–Trinajstić information content (AvgIpc) is 2.48. The molecule has 2 N–H and O–H groups in total. The number of nitrogens with zero attached hydrogens (tertiary/aromatic N) is 1. The van der Waals surface area contributed by atoms with Crippen LogP contribution in [0, 0.1) is 0 Å². The molecule has 1 heterocycles. The van der Waals surface area contributed by atoms with Gasteiger partial charge in [0.2, 0.25) is 0 Å². The van der Waals surface area contributed by atoms with Crippen molar-refractivity contribution in [2.24, 2.45) is 5.73 Å². The van der Waals surface area contributed by atoms with E-state index in [2.05, 4.69) is 4.74 Å². The normalized spacial score (nSPS) is 11.7. The zero-order chi connectivity index (χ0) is 17.2. The molecule has 2 aromatic rings. The molecule has 1 aromatic carbocycles. The summed E-state index contributed by atoms with van der Waals surface area (Å²) in [6.45, 7) is 2.33. The number of esters is 1. The first-order valence-corrected chi connectivity index (χ1v) is 6.93. The quantitative estimate of drug-likeness (QED) is 0.871. The highest BCUT2D eigenvalue weighted by Crippen LogP contribution is 2.22. The Labute approximate surface area is 129 Å². The van der Waals surface area contributed by atoms with Crippen LogP contribution in [0.1, 0.15) is 12.5 Å². The maximum atomic E-state index is 12.3. The summed E-state index contributed by atoms with van der Waals surface area (Å²) >= 11 is 0. The maximum absolute atomic E-state index is 12.3. The molecule has 2 rings (SSSR count). The van der Waals surface area contributed by atoms with E-state index in [0.717, 1.165) is 11.6 Å². The molecule has 0 atom stereocenters. The highest BCUT2D eigenvalue weighted by Gasteiger charge is 2.41. The predicted molar refractivity (Wildman–Crippen MR) is 78.3 cm³/mol. The lowest BCUT2D eigenvalue weighted by Crippen LogP contribution is -2.31. The summed E-state index contributed by atoms with van der Waals surface area (Å²) in [5, 5.41) is 0.497. The second-order valence-electron chi connectivity index (χ2n) is 4.88. The van der Waals surface area contributed by atoms with Gasteiger partial charge in [0.05, 0.1) is 5.52 Å². The number of carbonyl (C=O) groups excluding carboxylic acids is 1. The Morgan fingerprint density at radius 1 is 1.30 bits per heavy atom. The van der Waals surface area contributed by atoms with Crippen LogP contribution < -0.4 is 16.0 Å². The molecule has 0 fully saturated rings. The lowest BCUT2D eigenvalue weighted by molar-refractivity contribution is -0.189. The number of rotatable bonds is 4. The van der Waals surface area contributed by atoms with Gasteiger partial charge < -0.3 is 15.0 Å². The number of ether oxygens (including phenoxy) is 1. The molecule has 5 nitrogen and oxygen atoms in total. The Morgan fingerprint density at radius 3 is 2.57 bits per heavy atom. The van der Waals surface area contributed by atoms with E-state index in [1.807, 2.05) is 0 Å². The number of fused-ring (bicyclic) bond motifs is 1. The molecule has 8 heteroatoms. The van der Waals surface area contributed by atoms with Crippen molar-refractivity contribution in [3.8, 4) is 5.75 Å². The van der Waals surface area contributed by atoms with E-state index in [4.69, 9.17) is 5.73 Å². The highest BCUT2D eigenvalue weighted by atomic mass is 19.4. The predicted octanol–water partition coefficient (Wildman–Crippen LogP) is 1.99. The number of hydrogen-bond donors (Lipinski definition) is 1. The van der Waals surface area contributed by atoms with Crippen LogP contribution in [0.4, 0.5) is 13.2 Å². The van der Waals surface area contributed by atoms with Crippen LogP contribution in [-0.2, 0) is 17.8 Å². The molecule has 0 aliphatic rings. The van der Waals surface area contributed by atoms with Crippen molar-refractivity contribution in [1.29, 1.82) is 0 Å². The number of aromatic nitrogens is 1. The second-order valence-corrected chi connectivity index (χ2v) is 4.88. The third-order valence-electron chi connectivity index (χ3n) is 3.31. The molecular weight excluding hydrogens is 313 g/mol. The molecular formula is C15H15F3N2O3. The second kappa shape index (κ2) is 6.41. The first-order chi connectivity index (χ1) is 10.8. The van der Waals surface area contributed by atoms with Gasteiger partial charge in [-0.2, -0.15) is 13.2 Å². The first kappa shape index (κ1) is 17.0. The summed E-state index contributed by atoms with van der Waals surface area (Å²) in [6.07, 6.45) is -4.55. The van der Waals surface area contributed by atoms with Gasteiger partial charge in [-0.05, 0) is 37.6 Å². The molecule has 23 heavy (non-hydrogen) atoms. The van der Waals surface area contributed by atoms with Gasteiger partial charge in [-0.3, -0.25) is 4.79 Å². The summed E-state index contributed by atoms with van der Waals surface area (Å²) in [5.41, 5.74) is 6.16. The lowest BCUT2D eigenvalue weighted by atomic mass is 10.1. The van der Waals surface area contributed by atoms with Gasteiger partial charge in [-0.25, -0.2) is 4.79 Å². The fourth-order valence-electron chi connectivity index (χ4n) is 2.26. The summed E-state index contributed by atoms with van der Waals surface area (Å²) < 4.78 is 42.4. The molecule has 0 aliphatic heterocycles. The van der Waals surface area contributed by atoms with Crippen molar-refractivity contribution in [2.45, 2.75) is 26.1 Å². The number of pyridine rings is 1. The maximum Gasteiger partial charge on any atom is 0.491 e. The van der Waals surface area contributed by atoms with Crippen LogP contribution in [-0.4, -0.2) is 23.3 Å². The van der Waals surface area contributed by atoms with E-state index in [1.165, 1.54) is 4.57 Å². The number of alkyl halides is 3. The van der Waals surface area contributed by atoms with E-state index in [9.17, 15) is 22.8 Å². The van der Waals surface area contributed by atoms with Crippen molar-refractivity contribution < 1.29 is 22.7 Å². The van der Waals surface area contributed by atoms with Crippen molar-refractivity contribution >= 4 is 16.9 Å². The van der Waals surface area contributed by atoms with Gasteiger partial charge in [-0.15, -0.1) is 0 Å². The molecule has 0 saturated heterocycles. The minimum Gasteiger partial charge on any atom is -0.414 e. The number of carbonyl (C=O) groups is 1. The fraction of sp³-hybridized carbons (Fsp3) is 0.333. The van der Waals surface area contributed by atoms with Crippen molar-refractivity contribution in [3.63, 3.8) is 0 Å². The molecule has 0 amide bonds. The molecule has 0 unspecified atom stereocenters. The van der Waals surface area contributed by atoms with Crippen LogP contribution in [0.15, 0.2) is 29.1 Å². The third kappa shape index (κ3) is 3.53. The zero-order valence-electron chi connectivity index (χ0n) is 12.3. The number of hydrogen-bond acceptors (Lipinski definition) is 4. The summed E-state index contributed by atoms with van der Waals surface area (Å²) in [7, 11) is 0. The van der Waals surface area contributed by atoms with Crippen molar-refractivity contribution in [1.82, 2.24) is 4.57 Å². The third-order valence-corrected chi connectivity index (χ3v) is 3.31. The van der Waals surface area contributed by atoms with Gasteiger partial charge in [0, 0.05) is 11.9 Å². The van der Waals surface area contributed by atoms with Crippen LogP contribution in [0.25, 0.3) is 10.9 Å². The number of halogens is 3.